The zero-order valence-electron chi connectivity index (χ0n) is 17.2. The van der Waals surface area contributed by atoms with Gasteiger partial charge in [-0.3, -0.25) is 4.99 Å². The Morgan fingerprint density at radius 1 is 1.11 bits per heavy atom. The predicted octanol–water partition coefficient (Wildman–Crippen LogP) is 4.48. The molecule has 2 N–H and O–H groups in total. The van der Waals surface area contributed by atoms with Crippen molar-refractivity contribution in [1.29, 1.82) is 0 Å². The lowest BCUT2D eigenvalue weighted by Gasteiger charge is -2.14. The Hall–Kier alpha value is -2.47. The van der Waals surface area contributed by atoms with E-state index in [0.29, 0.717) is 0 Å². The minimum absolute atomic E-state index is 0.164. The number of unbranched alkanes of at least 4 members (excludes halogenated alkanes) is 2. The van der Waals surface area contributed by atoms with Crippen molar-refractivity contribution in [3.8, 4) is 5.75 Å². The second-order valence-electron chi connectivity index (χ2n) is 6.86. The number of ether oxygens (including phenoxy) is 2. The zero-order chi connectivity index (χ0) is 20.0. The Morgan fingerprint density at radius 2 is 1.93 bits per heavy atom. The summed E-state index contributed by atoms with van der Waals surface area (Å²) in [4.78, 5) is 4.70. The van der Waals surface area contributed by atoms with Crippen LogP contribution in [0.4, 0.5) is 5.69 Å². The summed E-state index contributed by atoms with van der Waals surface area (Å²) < 4.78 is 16.2. The molecule has 0 atom stereocenters. The van der Waals surface area contributed by atoms with Crippen molar-refractivity contribution in [1.82, 2.24) is 5.32 Å². The number of benzene rings is 1. The molecule has 154 valence electrons. The number of guanidine groups is 1. The van der Waals surface area contributed by atoms with Gasteiger partial charge in [0.2, 0.25) is 0 Å². The molecule has 6 heteroatoms. The minimum atomic E-state index is 0.164. The van der Waals surface area contributed by atoms with E-state index >= 15 is 0 Å². The molecule has 0 aliphatic carbocycles. The molecule has 0 unspecified atom stereocenters. The first-order chi connectivity index (χ1) is 13.7. The van der Waals surface area contributed by atoms with Crippen LogP contribution in [-0.2, 0) is 11.2 Å². The number of hydrogen-bond acceptors (Lipinski definition) is 4. The summed E-state index contributed by atoms with van der Waals surface area (Å²) in [7, 11) is 1.74. The molecule has 2 rings (SSSR count). The van der Waals surface area contributed by atoms with Crippen LogP contribution in [0.25, 0.3) is 0 Å². The van der Waals surface area contributed by atoms with Crippen molar-refractivity contribution >= 4 is 11.6 Å². The molecule has 0 fully saturated rings. The topological polar surface area (TPSA) is 68.0 Å². The fraction of sp³-hybridized carbons (Fsp3) is 0.500. The molecular weight excluding hydrogens is 354 g/mol. The van der Waals surface area contributed by atoms with Crippen molar-refractivity contribution < 1.29 is 13.9 Å². The number of aliphatic imine (C=N–C) groups is 1. The van der Waals surface area contributed by atoms with E-state index in [-0.39, 0.29) is 6.10 Å². The summed E-state index contributed by atoms with van der Waals surface area (Å²) >= 11 is 0. The van der Waals surface area contributed by atoms with Crippen molar-refractivity contribution in [3.05, 3.63) is 48.4 Å². The standard InChI is InChI=1S/C22H33N3O3/c1-18(2)28-21-11-9-19(10-12-21)25-22(23-14-5-4-6-16-26-3)24-15-13-20-8-7-17-27-20/h7-12,17-18H,4-6,13-16H2,1-3H3,(H2,23,24,25). The molecule has 0 spiro atoms. The third-order valence-electron chi connectivity index (χ3n) is 4.01. The van der Waals surface area contributed by atoms with Crippen molar-refractivity contribution in [2.24, 2.45) is 4.99 Å². The molecule has 0 radical (unpaired) electrons. The van der Waals surface area contributed by atoms with Gasteiger partial charge >= 0.3 is 0 Å². The van der Waals surface area contributed by atoms with Crippen LogP contribution in [0.5, 0.6) is 5.75 Å². The number of rotatable bonds is 12. The Balaban J connectivity index is 1.88. The number of anilines is 1. The predicted molar refractivity (Wildman–Crippen MR) is 114 cm³/mol. The fourth-order valence-electron chi connectivity index (χ4n) is 2.65. The Labute approximate surface area is 168 Å². The van der Waals surface area contributed by atoms with Gasteiger partial charge in [0.1, 0.15) is 11.5 Å². The summed E-state index contributed by atoms with van der Waals surface area (Å²) in [5.74, 6) is 2.60. The molecule has 0 saturated heterocycles. The van der Waals surface area contributed by atoms with Crippen LogP contribution in [0.1, 0.15) is 38.9 Å². The quantitative estimate of drug-likeness (QED) is 0.319. The van der Waals surface area contributed by atoms with Gasteiger partial charge in [-0.15, -0.1) is 0 Å². The Bertz CT molecular complexity index is 667. The van der Waals surface area contributed by atoms with E-state index < -0.39 is 0 Å². The number of methoxy groups -OCH3 is 1. The normalized spacial score (nSPS) is 11.6. The van der Waals surface area contributed by atoms with Gasteiger partial charge < -0.3 is 24.5 Å². The van der Waals surface area contributed by atoms with Crippen molar-refractivity contribution in [2.45, 2.75) is 45.6 Å². The van der Waals surface area contributed by atoms with Crippen molar-refractivity contribution in [3.63, 3.8) is 0 Å². The van der Waals surface area contributed by atoms with Crippen LogP contribution in [-0.4, -0.2) is 38.9 Å². The first-order valence-corrected chi connectivity index (χ1v) is 10.0. The number of furan rings is 1. The van der Waals surface area contributed by atoms with Gasteiger partial charge in [-0.2, -0.15) is 0 Å². The van der Waals surface area contributed by atoms with Crippen LogP contribution < -0.4 is 15.4 Å². The summed E-state index contributed by atoms with van der Waals surface area (Å²) in [5, 5.41) is 6.75. The zero-order valence-corrected chi connectivity index (χ0v) is 17.2. The molecule has 1 heterocycles. The average Bonchev–Trinajstić information content (AvgIpc) is 3.19. The summed E-state index contributed by atoms with van der Waals surface area (Å²) in [5.41, 5.74) is 0.972. The maximum atomic E-state index is 5.70. The highest BCUT2D eigenvalue weighted by Gasteiger charge is 2.03. The molecule has 2 aromatic rings. The van der Waals surface area contributed by atoms with Gasteiger partial charge in [0.05, 0.1) is 12.4 Å². The van der Waals surface area contributed by atoms with Gasteiger partial charge in [-0.05, 0) is 69.5 Å². The maximum Gasteiger partial charge on any atom is 0.195 e. The highest BCUT2D eigenvalue weighted by molar-refractivity contribution is 5.93. The molecule has 1 aromatic carbocycles. The fourth-order valence-corrected chi connectivity index (χ4v) is 2.65. The average molecular weight is 388 g/mol. The molecule has 1 aromatic heterocycles. The minimum Gasteiger partial charge on any atom is -0.491 e. The Morgan fingerprint density at radius 3 is 2.61 bits per heavy atom. The van der Waals surface area contributed by atoms with Crippen molar-refractivity contribution in [2.75, 3.05) is 32.1 Å². The lowest BCUT2D eigenvalue weighted by Crippen LogP contribution is -2.32. The second-order valence-corrected chi connectivity index (χ2v) is 6.86. The van der Waals surface area contributed by atoms with E-state index in [4.69, 9.17) is 18.9 Å². The second kappa shape index (κ2) is 12.8. The maximum absolute atomic E-state index is 5.70. The molecule has 0 amide bonds. The van der Waals surface area contributed by atoms with E-state index in [2.05, 4.69) is 10.6 Å². The van der Waals surface area contributed by atoms with Crippen LogP contribution >= 0.6 is 0 Å². The first kappa shape index (κ1) is 21.8. The van der Waals surface area contributed by atoms with Crippen LogP contribution in [0.2, 0.25) is 0 Å². The molecule has 0 bridgehead atoms. The summed E-state index contributed by atoms with van der Waals surface area (Å²) in [6, 6.07) is 11.8. The van der Waals surface area contributed by atoms with E-state index in [1.54, 1.807) is 13.4 Å². The SMILES string of the molecule is COCCCCCN=C(NCCc1ccco1)Nc1ccc(OC(C)C)cc1. The lowest BCUT2D eigenvalue weighted by atomic mass is 10.2. The third kappa shape index (κ3) is 8.95. The number of nitrogens with one attached hydrogen (secondary N) is 2. The molecule has 28 heavy (non-hydrogen) atoms. The van der Waals surface area contributed by atoms with Crippen LogP contribution in [0.3, 0.4) is 0 Å². The smallest absolute Gasteiger partial charge is 0.195 e. The molecule has 6 nitrogen and oxygen atoms in total. The molecule has 0 saturated carbocycles. The van der Waals surface area contributed by atoms with Gasteiger partial charge in [-0.1, -0.05) is 0 Å². The Kier molecular flexibility index (Phi) is 10.0. The van der Waals surface area contributed by atoms with Gasteiger partial charge in [0, 0.05) is 38.9 Å². The van der Waals surface area contributed by atoms with E-state index in [1.807, 2.05) is 50.2 Å². The van der Waals surface area contributed by atoms with E-state index in [0.717, 1.165) is 68.5 Å². The van der Waals surface area contributed by atoms with Gasteiger partial charge in [0.15, 0.2) is 5.96 Å². The van der Waals surface area contributed by atoms with E-state index in [1.165, 1.54) is 0 Å². The number of nitrogens with zero attached hydrogens (tertiary/aromatic N) is 1. The van der Waals surface area contributed by atoms with Crippen LogP contribution in [0, 0.1) is 0 Å². The molecular formula is C22H33N3O3. The third-order valence-corrected chi connectivity index (χ3v) is 4.01. The molecule has 0 aliphatic heterocycles. The monoisotopic (exact) mass is 387 g/mol. The summed E-state index contributed by atoms with van der Waals surface area (Å²) in [6.45, 7) is 6.37. The highest BCUT2D eigenvalue weighted by Crippen LogP contribution is 2.16. The van der Waals surface area contributed by atoms with Crippen LogP contribution in [0.15, 0.2) is 52.1 Å². The van der Waals surface area contributed by atoms with Gasteiger partial charge in [-0.25, -0.2) is 0 Å². The lowest BCUT2D eigenvalue weighted by molar-refractivity contribution is 0.192. The first-order valence-electron chi connectivity index (χ1n) is 10.0. The molecule has 0 aliphatic rings. The highest BCUT2D eigenvalue weighted by atomic mass is 16.5. The van der Waals surface area contributed by atoms with Gasteiger partial charge in [0.25, 0.3) is 0 Å². The summed E-state index contributed by atoms with van der Waals surface area (Å²) in [6.07, 6.45) is 5.88. The largest absolute Gasteiger partial charge is 0.491 e. The number of hydrogen-bond donors (Lipinski definition) is 2. The van der Waals surface area contributed by atoms with E-state index in [9.17, 15) is 0 Å².